The molecule has 0 aromatic heterocycles. The number of hydrogen-bond acceptors (Lipinski definition) is 5. The molecule has 0 radical (unpaired) electrons. The van der Waals surface area contributed by atoms with Crippen LogP contribution in [0.3, 0.4) is 0 Å². The maximum atomic E-state index is 12.2. The van der Waals surface area contributed by atoms with E-state index in [1.54, 1.807) is 7.11 Å². The second-order valence-corrected chi connectivity index (χ2v) is 6.67. The van der Waals surface area contributed by atoms with Crippen molar-refractivity contribution in [1.29, 1.82) is 0 Å². The number of esters is 1. The zero-order valence-electron chi connectivity index (χ0n) is 15.3. The highest BCUT2D eigenvalue weighted by atomic mass is 16.6. The van der Waals surface area contributed by atoms with Crippen LogP contribution in [0.15, 0.2) is 18.2 Å². The van der Waals surface area contributed by atoms with E-state index in [0.717, 1.165) is 42.4 Å². The molecule has 0 amide bonds. The van der Waals surface area contributed by atoms with Crippen molar-refractivity contribution in [3.8, 4) is 28.7 Å². The Hall–Kier alpha value is -2.69. The van der Waals surface area contributed by atoms with Gasteiger partial charge in [0.25, 0.3) is 0 Å². The van der Waals surface area contributed by atoms with E-state index in [4.69, 9.17) is 18.9 Å². The fourth-order valence-corrected chi connectivity index (χ4v) is 3.63. The summed E-state index contributed by atoms with van der Waals surface area (Å²) in [7, 11) is 1.62. The minimum Gasteiger partial charge on any atom is -0.497 e. The van der Waals surface area contributed by atoms with Crippen molar-refractivity contribution in [3.63, 3.8) is 0 Å². The second kappa shape index (κ2) is 6.56. The van der Waals surface area contributed by atoms with E-state index in [-0.39, 0.29) is 5.97 Å². The first-order valence-electron chi connectivity index (χ1n) is 9.03. The molecule has 0 fully saturated rings. The summed E-state index contributed by atoms with van der Waals surface area (Å²) in [6, 6.07) is 5.46. The first kappa shape index (κ1) is 16.8. The van der Waals surface area contributed by atoms with E-state index in [2.05, 4.69) is 6.92 Å². The van der Waals surface area contributed by atoms with Crippen LogP contribution in [0.25, 0.3) is 0 Å². The second-order valence-electron chi connectivity index (χ2n) is 6.67. The molecule has 0 saturated heterocycles. The Morgan fingerprint density at radius 3 is 2.69 bits per heavy atom. The predicted octanol–water partition coefficient (Wildman–Crippen LogP) is 5.30. The highest BCUT2D eigenvalue weighted by Gasteiger charge is 2.35. The van der Waals surface area contributed by atoms with Crippen molar-refractivity contribution >= 4 is 5.97 Å². The molecule has 4 rings (SSSR count). The molecule has 0 spiro atoms. The Morgan fingerprint density at radius 2 is 1.92 bits per heavy atom. The predicted molar refractivity (Wildman–Crippen MR) is 96.7 cm³/mol. The van der Waals surface area contributed by atoms with E-state index < -0.39 is 0 Å². The van der Waals surface area contributed by atoms with Crippen LogP contribution < -0.4 is 14.2 Å². The molecular formula is C21H22O5. The number of rotatable bonds is 5. The maximum Gasteiger partial charge on any atom is 0.339 e. The summed E-state index contributed by atoms with van der Waals surface area (Å²) in [4.78, 5) is 12.2. The molecule has 0 saturated carbocycles. The van der Waals surface area contributed by atoms with Gasteiger partial charge in [-0.1, -0.05) is 19.8 Å². The van der Waals surface area contributed by atoms with Gasteiger partial charge < -0.3 is 18.9 Å². The zero-order chi connectivity index (χ0) is 18.3. The summed E-state index contributed by atoms with van der Waals surface area (Å²) in [5.74, 6) is 2.99. The van der Waals surface area contributed by atoms with Gasteiger partial charge in [0, 0.05) is 22.8 Å². The van der Waals surface area contributed by atoms with Crippen LogP contribution in [0, 0.1) is 6.92 Å². The lowest BCUT2D eigenvalue weighted by Crippen LogP contribution is -2.09. The monoisotopic (exact) mass is 354 g/mol. The fourth-order valence-electron chi connectivity index (χ4n) is 3.63. The van der Waals surface area contributed by atoms with E-state index in [0.29, 0.717) is 40.9 Å². The lowest BCUT2D eigenvalue weighted by Gasteiger charge is -2.26. The number of fused-ring (bicyclic) bond motifs is 3. The van der Waals surface area contributed by atoms with Crippen molar-refractivity contribution in [3.05, 3.63) is 40.5 Å². The Balaban J connectivity index is 1.84. The van der Waals surface area contributed by atoms with Crippen LogP contribution in [0.2, 0.25) is 0 Å². The van der Waals surface area contributed by atoms with E-state index in [9.17, 15) is 4.79 Å². The highest BCUT2D eigenvalue weighted by Crippen LogP contribution is 2.52. The van der Waals surface area contributed by atoms with Crippen LogP contribution in [0.5, 0.6) is 28.7 Å². The third kappa shape index (κ3) is 2.59. The average molecular weight is 354 g/mol. The van der Waals surface area contributed by atoms with Gasteiger partial charge in [0.15, 0.2) is 23.0 Å². The molecule has 26 heavy (non-hydrogen) atoms. The minimum atomic E-state index is -0.277. The SMILES string of the molecule is CCCCCc1c2c(c(C)c3c1Oc1cc(OC)ccc1O3)C(=O)OC2. The minimum absolute atomic E-state index is 0.277. The first-order chi connectivity index (χ1) is 12.6. The van der Waals surface area contributed by atoms with E-state index >= 15 is 0 Å². The molecule has 2 aliphatic heterocycles. The van der Waals surface area contributed by atoms with Crippen molar-refractivity contribution in [2.75, 3.05) is 7.11 Å². The molecule has 2 heterocycles. The number of methoxy groups -OCH3 is 1. The Kier molecular flexibility index (Phi) is 4.23. The largest absolute Gasteiger partial charge is 0.497 e. The van der Waals surface area contributed by atoms with Crippen LogP contribution in [0.4, 0.5) is 0 Å². The molecule has 2 aromatic rings. The molecule has 0 N–H and O–H groups in total. The normalized spacial score (nSPS) is 13.9. The van der Waals surface area contributed by atoms with Crippen LogP contribution in [-0.2, 0) is 17.8 Å². The highest BCUT2D eigenvalue weighted by molar-refractivity contribution is 5.97. The molecule has 136 valence electrons. The molecule has 0 unspecified atom stereocenters. The molecule has 2 aromatic carbocycles. The van der Waals surface area contributed by atoms with Crippen molar-refractivity contribution < 1.29 is 23.7 Å². The van der Waals surface area contributed by atoms with Crippen molar-refractivity contribution in [2.24, 2.45) is 0 Å². The molecule has 0 atom stereocenters. The Labute approximate surface area is 152 Å². The van der Waals surface area contributed by atoms with Gasteiger partial charge in [0.05, 0.1) is 12.7 Å². The van der Waals surface area contributed by atoms with Gasteiger partial charge in [-0.15, -0.1) is 0 Å². The van der Waals surface area contributed by atoms with Crippen LogP contribution >= 0.6 is 0 Å². The van der Waals surface area contributed by atoms with Gasteiger partial charge >= 0.3 is 5.97 Å². The van der Waals surface area contributed by atoms with Gasteiger partial charge in [0.1, 0.15) is 12.4 Å². The van der Waals surface area contributed by atoms with Crippen LogP contribution in [0.1, 0.15) is 53.2 Å². The smallest absolute Gasteiger partial charge is 0.339 e. The summed E-state index contributed by atoms with van der Waals surface area (Å²) < 4.78 is 23.0. The lowest BCUT2D eigenvalue weighted by molar-refractivity contribution is 0.0534. The number of benzene rings is 2. The zero-order valence-corrected chi connectivity index (χ0v) is 15.3. The summed E-state index contributed by atoms with van der Waals surface area (Å²) in [6.07, 6.45) is 4.11. The third-order valence-electron chi connectivity index (χ3n) is 5.02. The topological polar surface area (TPSA) is 54.0 Å². The third-order valence-corrected chi connectivity index (χ3v) is 5.02. The molecule has 0 bridgehead atoms. The Morgan fingerprint density at radius 1 is 1.12 bits per heavy atom. The van der Waals surface area contributed by atoms with Gasteiger partial charge in [-0.3, -0.25) is 0 Å². The molecule has 2 aliphatic rings. The van der Waals surface area contributed by atoms with Gasteiger partial charge in [-0.25, -0.2) is 4.79 Å². The summed E-state index contributed by atoms with van der Waals surface area (Å²) in [6.45, 7) is 4.36. The summed E-state index contributed by atoms with van der Waals surface area (Å²) >= 11 is 0. The molecule has 5 nitrogen and oxygen atoms in total. The number of unbranched alkanes of at least 4 members (excludes halogenated alkanes) is 2. The molecule has 5 heteroatoms. The van der Waals surface area contributed by atoms with Gasteiger partial charge in [0.2, 0.25) is 0 Å². The molecule has 0 aliphatic carbocycles. The maximum absolute atomic E-state index is 12.2. The Bertz CT molecular complexity index is 885. The number of hydrogen-bond donors (Lipinski definition) is 0. The molecular weight excluding hydrogens is 332 g/mol. The van der Waals surface area contributed by atoms with E-state index in [1.807, 2.05) is 25.1 Å². The van der Waals surface area contributed by atoms with Gasteiger partial charge in [-0.05, 0) is 31.9 Å². The number of carbonyl (C=O) groups is 1. The standard InChI is InChI=1S/C21H22O5/c1-4-5-6-7-14-15-11-24-21(22)18(15)12(2)19-20(14)26-17-10-13(23-3)8-9-16(17)25-19/h8-10H,4-7,11H2,1-3H3. The number of cyclic esters (lactones) is 1. The van der Waals surface area contributed by atoms with E-state index in [1.165, 1.54) is 0 Å². The lowest BCUT2D eigenvalue weighted by atomic mass is 9.92. The quantitative estimate of drug-likeness (QED) is 0.459. The summed E-state index contributed by atoms with van der Waals surface area (Å²) in [5, 5.41) is 0. The van der Waals surface area contributed by atoms with Crippen molar-refractivity contribution in [1.82, 2.24) is 0 Å². The fraction of sp³-hybridized carbons (Fsp3) is 0.381. The van der Waals surface area contributed by atoms with Crippen LogP contribution in [-0.4, -0.2) is 13.1 Å². The summed E-state index contributed by atoms with van der Waals surface area (Å²) in [5.41, 5.74) is 3.37. The average Bonchev–Trinajstić information content (AvgIpc) is 3.04. The van der Waals surface area contributed by atoms with Crippen molar-refractivity contribution in [2.45, 2.75) is 46.1 Å². The number of carbonyl (C=O) groups excluding carboxylic acids is 1. The van der Waals surface area contributed by atoms with Gasteiger partial charge in [-0.2, -0.15) is 0 Å². The first-order valence-corrected chi connectivity index (χ1v) is 9.03. The number of ether oxygens (including phenoxy) is 4.